The topological polar surface area (TPSA) is 24.9 Å². The monoisotopic (exact) mass is 274 g/mol. The second kappa shape index (κ2) is 6.31. The number of rotatable bonds is 5. The molecule has 0 aliphatic heterocycles. The zero-order valence-electron chi connectivity index (χ0n) is 12.2. The Morgan fingerprint density at radius 1 is 1.11 bits per heavy atom. The highest BCUT2D eigenvalue weighted by Crippen LogP contribution is 2.21. The third-order valence-corrected chi connectivity index (χ3v) is 4.27. The second-order valence-corrected chi connectivity index (χ2v) is 6.24. The molecule has 0 amide bonds. The lowest BCUT2D eigenvalue weighted by molar-refractivity contribution is 0.731. The van der Waals surface area contributed by atoms with Gasteiger partial charge in [0.2, 0.25) is 0 Å². The van der Waals surface area contributed by atoms with E-state index in [9.17, 15) is 0 Å². The zero-order chi connectivity index (χ0) is 13.8. The van der Waals surface area contributed by atoms with Gasteiger partial charge in [-0.05, 0) is 32.9 Å². The van der Waals surface area contributed by atoms with Crippen molar-refractivity contribution in [1.82, 2.24) is 10.3 Å². The number of thiazole rings is 1. The lowest BCUT2D eigenvalue weighted by Crippen LogP contribution is -2.11. The van der Waals surface area contributed by atoms with Gasteiger partial charge < -0.3 is 5.32 Å². The summed E-state index contributed by atoms with van der Waals surface area (Å²) < 4.78 is 0. The Bertz CT molecular complexity index is 538. The molecule has 0 unspecified atom stereocenters. The maximum absolute atomic E-state index is 4.70. The summed E-state index contributed by atoms with van der Waals surface area (Å²) in [4.78, 5) is 6.06. The quantitative estimate of drug-likeness (QED) is 0.898. The smallest absolute Gasteiger partial charge is 0.0975 e. The van der Waals surface area contributed by atoms with Crippen LogP contribution in [0.4, 0.5) is 0 Å². The largest absolute Gasteiger partial charge is 0.312 e. The molecule has 0 aliphatic carbocycles. The minimum Gasteiger partial charge on any atom is -0.312 e. The molecule has 0 saturated carbocycles. The van der Waals surface area contributed by atoms with E-state index in [2.05, 4.69) is 51.2 Å². The van der Waals surface area contributed by atoms with Crippen molar-refractivity contribution in [2.75, 3.05) is 6.54 Å². The van der Waals surface area contributed by atoms with E-state index in [1.165, 1.54) is 32.3 Å². The SMILES string of the molecule is CCNCc1sc(Cc2cc(C)cc(C)c2)nc1C. The van der Waals surface area contributed by atoms with Crippen molar-refractivity contribution < 1.29 is 0 Å². The van der Waals surface area contributed by atoms with Gasteiger partial charge >= 0.3 is 0 Å². The number of benzene rings is 1. The molecule has 3 heteroatoms. The van der Waals surface area contributed by atoms with E-state index >= 15 is 0 Å². The van der Waals surface area contributed by atoms with Crippen LogP contribution in [0.5, 0.6) is 0 Å². The number of nitrogens with zero attached hydrogens (tertiary/aromatic N) is 1. The predicted octanol–water partition coefficient (Wildman–Crippen LogP) is 3.77. The molecule has 19 heavy (non-hydrogen) atoms. The van der Waals surface area contributed by atoms with Crippen LogP contribution in [0.15, 0.2) is 18.2 Å². The zero-order valence-corrected chi connectivity index (χ0v) is 13.0. The first kappa shape index (κ1) is 14.2. The molecule has 1 heterocycles. The van der Waals surface area contributed by atoms with Crippen LogP contribution in [-0.2, 0) is 13.0 Å². The Morgan fingerprint density at radius 3 is 2.42 bits per heavy atom. The molecular weight excluding hydrogens is 252 g/mol. The van der Waals surface area contributed by atoms with E-state index in [0.717, 1.165) is 19.5 Å². The summed E-state index contributed by atoms with van der Waals surface area (Å²) in [6.07, 6.45) is 0.945. The van der Waals surface area contributed by atoms with E-state index in [1.54, 1.807) is 0 Å². The van der Waals surface area contributed by atoms with Gasteiger partial charge in [-0.3, -0.25) is 0 Å². The van der Waals surface area contributed by atoms with Crippen molar-refractivity contribution >= 4 is 11.3 Å². The second-order valence-electron chi connectivity index (χ2n) is 5.07. The number of hydrogen-bond donors (Lipinski definition) is 1. The van der Waals surface area contributed by atoms with Crippen molar-refractivity contribution in [2.24, 2.45) is 0 Å². The maximum atomic E-state index is 4.70. The lowest BCUT2D eigenvalue weighted by atomic mass is 10.1. The van der Waals surface area contributed by atoms with Crippen LogP contribution in [0.25, 0.3) is 0 Å². The number of hydrogen-bond acceptors (Lipinski definition) is 3. The van der Waals surface area contributed by atoms with Crippen molar-refractivity contribution in [3.8, 4) is 0 Å². The van der Waals surface area contributed by atoms with Crippen LogP contribution < -0.4 is 5.32 Å². The fourth-order valence-corrected chi connectivity index (χ4v) is 3.39. The van der Waals surface area contributed by atoms with Crippen molar-refractivity contribution in [3.63, 3.8) is 0 Å². The summed E-state index contributed by atoms with van der Waals surface area (Å²) >= 11 is 1.83. The fraction of sp³-hybridized carbons (Fsp3) is 0.438. The van der Waals surface area contributed by atoms with Gasteiger partial charge in [0.05, 0.1) is 10.7 Å². The molecule has 0 aliphatic rings. The third kappa shape index (κ3) is 3.88. The molecule has 0 saturated heterocycles. The fourth-order valence-electron chi connectivity index (χ4n) is 2.31. The summed E-state index contributed by atoms with van der Waals surface area (Å²) in [6.45, 7) is 10.5. The molecule has 0 bridgehead atoms. The highest BCUT2D eigenvalue weighted by atomic mass is 32.1. The highest BCUT2D eigenvalue weighted by Gasteiger charge is 2.08. The van der Waals surface area contributed by atoms with Gasteiger partial charge in [0.1, 0.15) is 0 Å². The van der Waals surface area contributed by atoms with Gasteiger partial charge in [0.15, 0.2) is 0 Å². The average molecular weight is 274 g/mol. The Morgan fingerprint density at radius 2 is 1.79 bits per heavy atom. The molecule has 2 aromatic rings. The van der Waals surface area contributed by atoms with Crippen molar-refractivity contribution in [2.45, 2.75) is 40.7 Å². The molecule has 0 atom stereocenters. The van der Waals surface area contributed by atoms with E-state index in [-0.39, 0.29) is 0 Å². The molecule has 2 nitrogen and oxygen atoms in total. The van der Waals surface area contributed by atoms with Gasteiger partial charge in [-0.15, -0.1) is 11.3 Å². The van der Waals surface area contributed by atoms with Crippen molar-refractivity contribution in [3.05, 3.63) is 50.5 Å². The summed E-state index contributed by atoms with van der Waals surface area (Å²) in [6, 6.07) is 6.73. The first-order valence-electron chi connectivity index (χ1n) is 6.81. The standard InChI is InChI=1S/C16H22N2S/c1-5-17-10-15-13(4)18-16(19-15)9-14-7-11(2)6-12(3)8-14/h6-8,17H,5,9-10H2,1-4H3. The van der Waals surface area contributed by atoms with Crippen LogP contribution >= 0.6 is 11.3 Å². The van der Waals surface area contributed by atoms with E-state index in [0.29, 0.717) is 0 Å². The minimum atomic E-state index is 0.937. The molecule has 0 fully saturated rings. The summed E-state index contributed by atoms with van der Waals surface area (Å²) in [5, 5.41) is 4.59. The molecule has 1 aromatic heterocycles. The summed E-state index contributed by atoms with van der Waals surface area (Å²) in [5.41, 5.74) is 5.19. The van der Waals surface area contributed by atoms with Gasteiger partial charge in [-0.2, -0.15) is 0 Å². The van der Waals surface area contributed by atoms with Crippen LogP contribution in [-0.4, -0.2) is 11.5 Å². The number of aromatic nitrogens is 1. The normalized spacial score (nSPS) is 10.9. The lowest BCUT2D eigenvalue weighted by Gasteiger charge is -2.02. The molecule has 0 spiro atoms. The van der Waals surface area contributed by atoms with Crippen LogP contribution in [0.2, 0.25) is 0 Å². The van der Waals surface area contributed by atoms with E-state index in [4.69, 9.17) is 4.98 Å². The molecule has 1 N–H and O–H groups in total. The molecular formula is C16H22N2S. The summed E-state index contributed by atoms with van der Waals surface area (Å²) in [7, 11) is 0. The maximum Gasteiger partial charge on any atom is 0.0975 e. The van der Waals surface area contributed by atoms with E-state index in [1.807, 2.05) is 11.3 Å². The summed E-state index contributed by atoms with van der Waals surface area (Å²) in [5.74, 6) is 0. The first-order valence-corrected chi connectivity index (χ1v) is 7.63. The van der Waals surface area contributed by atoms with Crippen LogP contribution in [0, 0.1) is 20.8 Å². The number of aryl methyl sites for hydroxylation is 3. The molecule has 0 radical (unpaired) electrons. The highest BCUT2D eigenvalue weighted by molar-refractivity contribution is 7.11. The third-order valence-electron chi connectivity index (χ3n) is 3.11. The Labute approximate surface area is 119 Å². The Hall–Kier alpha value is -1.19. The Balaban J connectivity index is 2.14. The molecule has 102 valence electrons. The minimum absolute atomic E-state index is 0.937. The van der Waals surface area contributed by atoms with Gasteiger partial charge in [-0.25, -0.2) is 4.98 Å². The average Bonchev–Trinajstić information content (AvgIpc) is 2.65. The Kier molecular flexibility index (Phi) is 4.72. The van der Waals surface area contributed by atoms with Crippen molar-refractivity contribution in [1.29, 1.82) is 0 Å². The van der Waals surface area contributed by atoms with E-state index < -0.39 is 0 Å². The van der Waals surface area contributed by atoms with Gasteiger partial charge in [0, 0.05) is 17.8 Å². The van der Waals surface area contributed by atoms with Gasteiger partial charge in [-0.1, -0.05) is 36.2 Å². The van der Waals surface area contributed by atoms with Crippen LogP contribution in [0.1, 0.15) is 39.2 Å². The van der Waals surface area contributed by atoms with Gasteiger partial charge in [0.25, 0.3) is 0 Å². The number of nitrogens with one attached hydrogen (secondary N) is 1. The molecule has 2 rings (SSSR count). The first-order chi connectivity index (χ1) is 9.08. The predicted molar refractivity (Wildman–Crippen MR) is 83.0 cm³/mol. The molecule has 1 aromatic carbocycles. The van der Waals surface area contributed by atoms with Crippen LogP contribution in [0.3, 0.4) is 0 Å².